The molecule has 0 aromatic heterocycles. The van der Waals surface area contributed by atoms with Gasteiger partial charge < -0.3 is 0 Å². The van der Waals surface area contributed by atoms with Crippen molar-refractivity contribution >= 4 is 0 Å². The Balaban J connectivity index is 2.51. The molecule has 0 spiro atoms. The highest BCUT2D eigenvalue weighted by Crippen LogP contribution is 2.29. The fraction of sp³-hybridized carbons (Fsp3) is 0.750. The van der Waals surface area contributed by atoms with Gasteiger partial charge in [0.15, 0.2) is 0 Å². The fourth-order valence-corrected chi connectivity index (χ4v) is 1.26. The number of allylic oxidation sites excluding steroid dienone is 1. The van der Waals surface area contributed by atoms with E-state index in [9.17, 15) is 4.39 Å². The van der Waals surface area contributed by atoms with Gasteiger partial charge in [-0.1, -0.05) is 19.1 Å². The van der Waals surface area contributed by atoms with E-state index in [1.54, 1.807) is 0 Å². The molecule has 0 aromatic rings. The second-order valence-electron chi connectivity index (χ2n) is 2.86. The lowest BCUT2D eigenvalue weighted by molar-refractivity contribution is 0.222. The lowest BCUT2D eigenvalue weighted by Gasteiger charge is -2.24. The first-order valence-electron chi connectivity index (χ1n) is 3.53. The molecule has 0 radical (unpaired) electrons. The first-order valence-corrected chi connectivity index (χ1v) is 3.53. The predicted molar refractivity (Wildman–Crippen MR) is 37.1 cm³/mol. The molecule has 0 aromatic carbocycles. The molecule has 1 saturated carbocycles. The second-order valence-corrected chi connectivity index (χ2v) is 2.86. The van der Waals surface area contributed by atoms with Gasteiger partial charge in [-0.05, 0) is 19.3 Å². The van der Waals surface area contributed by atoms with Crippen LogP contribution in [0.1, 0.15) is 26.2 Å². The van der Waals surface area contributed by atoms with Crippen LogP contribution in [0.25, 0.3) is 0 Å². The Labute approximate surface area is 55.8 Å². The third-order valence-corrected chi connectivity index (χ3v) is 2.16. The average Bonchev–Trinajstić information content (AvgIpc) is 1.83. The maximum absolute atomic E-state index is 12.8. The summed E-state index contributed by atoms with van der Waals surface area (Å²) in [4.78, 5) is 0. The first kappa shape index (κ1) is 6.79. The molecule has 2 unspecified atom stereocenters. The van der Waals surface area contributed by atoms with Gasteiger partial charge in [0.25, 0.3) is 0 Å². The van der Waals surface area contributed by atoms with Gasteiger partial charge in [-0.2, -0.15) is 0 Å². The van der Waals surface area contributed by atoms with Gasteiger partial charge in [-0.3, -0.25) is 0 Å². The smallest absolute Gasteiger partial charge is 0.106 e. The van der Waals surface area contributed by atoms with Crippen LogP contribution in [0.15, 0.2) is 12.2 Å². The Bertz CT molecular complexity index is 118. The van der Waals surface area contributed by atoms with Crippen LogP contribution in [0.3, 0.4) is 0 Å². The summed E-state index contributed by atoms with van der Waals surface area (Å²) in [5, 5.41) is 0. The summed E-state index contributed by atoms with van der Waals surface area (Å²) in [6.07, 6.45) is 2.14. The van der Waals surface area contributed by atoms with Gasteiger partial charge >= 0.3 is 0 Å². The van der Waals surface area contributed by atoms with Crippen molar-refractivity contribution in [3.05, 3.63) is 12.2 Å². The van der Waals surface area contributed by atoms with Crippen LogP contribution in [0.4, 0.5) is 4.39 Å². The minimum Gasteiger partial charge on any atom is -0.247 e. The zero-order valence-electron chi connectivity index (χ0n) is 5.86. The van der Waals surface area contributed by atoms with Crippen molar-refractivity contribution in [2.24, 2.45) is 5.92 Å². The second kappa shape index (κ2) is 2.51. The number of hydrogen-bond acceptors (Lipinski definition) is 0. The first-order chi connectivity index (χ1) is 4.22. The van der Waals surface area contributed by atoms with Crippen LogP contribution < -0.4 is 0 Å². The van der Waals surface area contributed by atoms with Crippen LogP contribution >= 0.6 is 0 Å². The van der Waals surface area contributed by atoms with E-state index in [0.717, 1.165) is 24.8 Å². The summed E-state index contributed by atoms with van der Waals surface area (Å²) in [7, 11) is 0. The van der Waals surface area contributed by atoms with E-state index in [4.69, 9.17) is 0 Å². The van der Waals surface area contributed by atoms with E-state index in [1.807, 2.05) is 6.92 Å². The number of alkyl halides is 1. The van der Waals surface area contributed by atoms with E-state index in [2.05, 4.69) is 6.58 Å². The molecule has 1 heteroatoms. The minimum atomic E-state index is -0.619. The van der Waals surface area contributed by atoms with E-state index in [1.165, 1.54) is 0 Å². The molecule has 52 valence electrons. The highest BCUT2D eigenvalue weighted by Gasteiger charge is 2.22. The van der Waals surface area contributed by atoms with Crippen molar-refractivity contribution in [1.29, 1.82) is 0 Å². The van der Waals surface area contributed by atoms with Crippen LogP contribution in [0, 0.1) is 5.92 Å². The van der Waals surface area contributed by atoms with Crippen molar-refractivity contribution in [2.75, 3.05) is 0 Å². The van der Waals surface area contributed by atoms with Crippen molar-refractivity contribution in [3.8, 4) is 0 Å². The molecule has 0 N–H and O–H groups in total. The Morgan fingerprint density at radius 3 is 2.78 bits per heavy atom. The van der Waals surface area contributed by atoms with Crippen LogP contribution in [-0.4, -0.2) is 6.17 Å². The van der Waals surface area contributed by atoms with E-state index in [-0.39, 0.29) is 5.92 Å². The lowest BCUT2D eigenvalue weighted by Crippen LogP contribution is -2.19. The number of rotatable bonds is 0. The maximum Gasteiger partial charge on any atom is 0.106 e. The zero-order chi connectivity index (χ0) is 6.85. The van der Waals surface area contributed by atoms with E-state index >= 15 is 0 Å². The quantitative estimate of drug-likeness (QED) is 0.440. The van der Waals surface area contributed by atoms with Gasteiger partial charge in [0, 0.05) is 5.92 Å². The maximum atomic E-state index is 12.8. The Morgan fingerprint density at radius 2 is 2.33 bits per heavy atom. The normalized spacial score (nSPS) is 36.9. The van der Waals surface area contributed by atoms with E-state index < -0.39 is 6.17 Å². The van der Waals surface area contributed by atoms with Gasteiger partial charge in [0.05, 0.1) is 0 Å². The van der Waals surface area contributed by atoms with Gasteiger partial charge in [-0.15, -0.1) is 0 Å². The van der Waals surface area contributed by atoms with Crippen molar-refractivity contribution in [1.82, 2.24) is 0 Å². The third kappa shape index (κ3) is 1.32. The third-order valence-electron chi connectivity index (χ3n) is 2.16. The van der Waals surface area contributed by atoms with E-state index in [0.29, 0.717) is 0 Å². The Morgan fingerprint density at radius 1 is 1.67 bits per heavy atom. The molecule has 1 rings (SSSR count). The largest absolute Gasteiger partial charge is 0.247 e. The Kier molecular flexibility index (Phi) is 1.89. The molecular formula is C8H13F. The molecule has 0 amide bonds. The van der Waals surface area contributed by atoms with Crippen LogP contribution in [-0.2, 0) is 0 Å². The summed E-state index contributed by atoms with van der Waals surface area (Å²) < 4.78 is 12.8. The van der Waals surface area contributed by atoms with Crippen LogP contribution in [0.5, 0.6) is 0 Å². The van der Waals surface area contributed by atoms with Crippen molar-refractivity contribution in [2.45, 2.75) is 32.4 Å². The standard InChI is InChI=1S/C8H13F/c1-6-4-3-5-8(9)7(6)2/h7-8H,1,3-5H2,2H3. The number of halogens is 1. The summed E-state index contributed by atoms with van der Waals surface area (Å²) in [6, 6.07) is 0. The van der Waals surface area contributed by atoms with Gasteiger partial charge in [0.2, 0.25) is 0 Å². The molecule has 9 heavy (non-hydrogen) atoms. The highest BCUT2D eigenvalue weighted by atomic mass is 19.1. The monoisotopic (exact) mass is 128 g/mol. The van der Waals surface area contributed by atoms with Gasteiger partial charge in [-0.25, -0.2) is 4.39 Å². The fourth-order valence-electron chi connectivity index (χ4n) is 1.26. The average molecular weight is 128 g/mol. The SMILES string of the molecule is C=C1CCCC(F)C1C. The molecule has 1 aliphatic rings. The summed E-state index contributed by atoms with van der Waals surface area (Å²) in [5.74, 6) is 0.110. The molecular weight excluding hydrogens is 115 g/mol. The summed E-state index contributed by atoms with van der Waals surface area (Å²) >= 11 is 0. The lowest BCUT2D eigenvalue weighted by atomic mass is 9.85. The summed E-state index contributed by atoms with van der Waals surface area (Å²) in [5.41, 5.74) is 1.09. The van der Waals surface area contributed by atoms with Crippen molar-refractivity contribution < 1.29 is 4.39 Å². The summed E-state index contributed by atoms with van der Waals surface area (Å²) in [6.45, 7) is 5.73. The van der Waals surface area contributed by atoms with Crippen LogP contribution in [0.2, 0.25) is 0 Å². The molecule has 0 bridgehead atoms. The molecule has 0 nitrogen and oxygen atoms in total. The minimum absolute atomic E-state index is 0.110. The predicted octanol–water partition coefficient (Wildman–Crippen LogP) is 2.70. The topological polar surface area (TPSA) is 0 Å². The number of hydrogen-bond donors (Lipinski definition) is 0. The molecule has 2 atom stereocenters. The molecule has 0 heterocycles. The molecule has 0 aliphatic heterocycles. The molecule has 0 saturated heterocycles. The van der Waals surface area contributed by atoms with Crippen molar-refractivity contribution in [3.63, 3.8) is 0 Å². The highest BCUT2D eigenvalue weighted by molar-refractivity contribution is 5.04. The zero-order valence-corrected chi connectivity index (χ0v) is 5.86. The Hall–Kier alpha value is -0.330. The molecule has 1 fully saturated rings. The van der Waals surface area contributed by atoms with Gasteiger partial charge in [0.1, 0.15) is 6.17 Å². The molecule has 1 aliphatic carbocycles.